The van der Waals surface area contributed by atoms with Gasteiger partial charge in [-0.1, -0.05) is 30.3 Å². The number of carbonyl (C=O) groups is 2. The van der Waals surface area contributed by atoms with Crippen LogP contribution in [0.4, 0.5) is 4.79 Å². The van der Waals surface area contributed by atoms with Crippen LogP contribution in [0.3, 0.4) is 0 Å². The fraction of sp³-hybridized carbons (Fsp3) is 0.652. The van der Waals surface area contributed by atoms with Crippen LogP contribution in [0.1, 0.15) is 37.7 Å². The van der Waals surface area contributed by atoms with Crippen molar-refractivity contribution in [1.82, 2.24) is 20.0 Å². The highest BCUT2D eigenvalue weighted by atomic mass is 16.2. The minimum Gasteiger partial charge on any atom is -0.343 e. The quantitative estimate of drug-likeness (QED) is 0.765. The molecular formula is C23H36N4O2. The molecule has 1 N–H and O–H groups in total. The number of hydrogen-bond acceptors (Lipinski definition) is 3. The third-order valence-electron chi connectivity index (χ3n) is 6.36. The second-order valence-electron chi connectivity index (χ2n) is 8.72. The van der Waals surface area contributed by atoms with Gasteiger partial charge in [-0.15, -0.1) is 0 Å². The first-order chi connectivity index (χ1) is 14.0. The monoisotopic (exact) mass is 400 g/mol. The second-order valence-corrected chi connectivity index (χ2v) is 8.72. The Morgan fingerprint density at radius 2 is 1.69 bits per heavy atom. The van der Waals surface area contributed by atoms with Crippen LogP contribution in [0, 0.1) is 5.92 Å². The number of piperidine rings is 1. The van der Waals surface area contributed by atoms with E-state index in [1.54, 1.807) is 0 Å². The highest BCUT2D eigenvalue weighted by Crippen LogP contribution is 2.22. The van der Waals surface area contributed by atoms with Crippen molar-refractivity contribution >= 4 is 11.9 Å². The van der Waals surface area contributed by atoms with Gasteiger partial charge in [0.25, 0.3) is 0 Å². The number of rotatable bonds is 7. The van der Waals surface area contributed by atoms with Crippen LogP contribution in [0.15, 0.2) is 30.3 Å². The van der Waals surface area contributed by atoms with Crippen molar-refractivity contribution in [3.8, 4) is 0 Å². The van der Waals surface area contributed by atoms with Crippen LogP contribution in [-0.4, -0.2) is 79.5 Å². The molecule has 3 amide bonds. The molecule has 1 aromatic carbocycles. The number of hydrogen-bond donors (Lipinski definition) is 1. The van der Waals surface area contributed by atoms with Gasteiger partial charge in [-0.2, -0.15) is 0 Å². The van der Waals surface area contributed by atoms with E-state index in [9.17, 15) is 9.59 Å². The van der Waals surface area contributed by atoms with Crippen molar-refractivity contribution in [2.75, 3.05) is 46.8 Å². The Hall–Kier alpha value is -2.08. The maximum atomic E-state index is 12.6. The summed E-state index contributed by atoms with van der Waals surface area (Å²) < 4.78 is 0. The summed E-state index contributed by atoms with van der Waals surface area (Å²) in [4.78, 5) is 31.1. The molecule has 0 aliphatic carbocycles. The number of urea groups is 1. The number of nitrogens with zero attached hydrogens (tertiary/aromatic N) is 3. The molecule has 1 unspecified atom stereocenters. The normalized spacial score (nSPS) is 18.9. The molecule has 0 radical (unpaired) electrons. The lowest BCUT2D eigenvalue weighted by Gasteiger charge is -2.33. The number of likely N-dealkylation sites (N-methyl/N-ethyl adjacent to an activating group) is 1. The lowest BCUT2D eigenvalue weighted by molar-refractivity contribution is -0.131. The van der Waals surface area contributed by atoms with Gasteiger partial charge in [0.15, 0.2) is 0 Å². The van der Waals surface area contributed by atoms with Gasteiger partial charge in [0.2, 0.25) is 5.91 Å². The van der Waals surface area contributed by atoms with Crippen molar-refractivity contribution in [2.24, 2.45) is 5.92 Å². The molecule has 0 saturated carbocycles. The summed E-state index contributed by atoms with van der Waals surface area (Å²) in [5.74, 6) is 0.722. The Balaban J connectivity index is 1.40. The first-order valence-corrected chi connectivity index (χ1v) is 11.0. The van der Waals surface area contributed by atoms with Gasteiger partial charge in [-0.3, -0.25) is 4.79 Å². The van der Waals surface area contributed by atoms with Crippen LogP contribution in [-0.2, 0) is 11.2 Å². The molecule has 2 aliphatic rings. The van der Waals surface area contributed by atoms with E-state index in [0.717, 1.165) is 58.3 Å². The average Bonchev–Trinajstić information content (AvgIpc) is 3.27. The minimum atomic E-state index is 0.0224. The van der Waals surface area contributed by atoms with Crippen molar-refractivity contribution in [1.29, 1.82) is 0 Å². The Bertz CT molecular complexity index is 650. The molecule has 2 heterocycles. The maximum absolute atomic E-state index is 12.6. The summed E-state index contributed by atoms with van der Waals surface area (Å²) in [5, 5.41) is 3.12. The standard InChI is InChI=1S/C23H36N4O2/c1-25(2)21(16-19-8-4-3-5-9-19)18-24-23(29)27-14-10-20(11-15-27)17-22(28)26-12-6-7-13-26/h3-5,8-9,20-21H,6-7,10-18H2,1-2H3,(H,24,29). The van der Waals surface area contributed by atoms with E-state index in [4.69, 9.17) is 0 Å². The van der Waals surface area contributed by atoms with Crippen molar-refractivity contribution in [3.05, 3.63) is 35.9 Å². The molecule has 0 aromatic heterocycles. The minimum absolute atomic E-state index is 0.0224. The molecule has 160 valence electrons. The van der Waals surface area contributed by atoms with Gasteiger partial charge >= 0.3 is 6.03 Å². The largest absolute Gasteiger partial charge is 0.343 e. The molecule has 0 bridgehead atoms. The SMILES string of the molecule is CN(C)C(CNC(=O)N1CCC(CC(=O)N2CCCC2)CC1)Cc1ccccc1. The smallest absolute Gasteiger partial charge is 0.317 e. The van der Waals surface area contributed by atoms with E-state index < -0.39 is 0 Å². The van der Waals surface area contributed by atoms with Gasteiger partial charge in [0.1, 0.15) is 0 Å². The van der Waals surface area contributed by atoms with E-state index in [0.29, 0.717) is 24.8 Å². The number of amides is 3. The molecule has 29 heavy (non-hydrogen) atoms. The molecule has 2 aliphatic heterocycles. The zero-order chi connectivity index (χ0) is 20.6. The van der Waals surface area contributed by atoms with Gasteiger partial charge in [0.05, 0.1) is 0 Å². The summed E-state index contributed by atoms with van der Waals surface area (Å²) in [5.41, 5.74) is 1.28. The third-order valence-corrected chi connectivity index (χ3v) is 6.36. The number of carbonyl (C=O) groups excluding carboxylic acids is 2. The number of nitrogens with one attached hydrogen (secondary N) is 1. The maximum Gasteiger partial charge on any atom is 0.317 e. The zero-order valence-electron chi connectivity index (χ0n) is 18.0. The highest BCUT2D eigenvalue weighted by molar-refractivity contribution is 5.77. The highest BCUT2D eigenvalue weighted by Gasteiger charge is 2.27. The van der Waals surface area contributed by atoms with Gasteiger partial charge in [0, 0.05) is 45.2 Å². The Morgan fingerprint density at radius 3 is 2.31 bits per heavy atom. The second kappa shape index (κ2) is 10.6. The fourth-order valence-corrected chi connectivity index (χ4v) is 4.32. The van der Waals surface area contributed by atoms with Crippen LogP contribution >= 0.6 is 0 Å². The topological polar surface area (TPSA) is 55.9 Å². The molecule has 1 atom stereocenters. The van der Waals surface area contributed by atoms with E-state index in [1.165, 1.54) is 5.56 Å². The zero-order valence-corrected chi connectivity index (χ0v) is 18.0. The molecule has 0 spiro atoms. The van der Waals surface area contributed by atoms with E-state index >= 15 is 0 Å². The van der Waals surface area contributed by atoms with E-state index in [-0.39, 0.29) is 12.1 Å². The predicted octanol–water partition coefficient (Wildman–Crippen LogP) is 2.59. The van der Waals surface area contributed by atoms with Crippen molar-refractivity contribution in [2.45, 2.75) is 44.6 Å². The molecular weight excluding hydrogens is 364 g/mol. The van der Waals surface area contributed by atoms with Gasteiger partial charge in [-0.25, -0.2) is 4.79 Å². The Labute approximate surface area is 175 Å². The molecule has 1 aromatic rings. The number of likely N-dealkylation sites (tertiary alicyclic amines) is 2. The van der Waals surface area contributed by atoms with E-state index in [2.05, 4.69) is 48.6 Å². The first kappa shape index (κ1) is 21.6. The molecule has 2 fully saturated rings. The molecule has 6 heteroatoms. The van der Waals surface area contributed by atoms with Crippen LogP contribution in [0.2, 0.25) is 0 Å². The summed E-state index contributed by atoms with van der Waals surface area (Å²) >= 11 is 0. The van der Waals surface area contributed by atoms with Crippen molar-refractivity contribution in [3.63, 3.8) is 0 Å². The fourth-order valence-electron chi connectivity index (χ4n) is 4.32. The van der Waals surface area contributed by atoms with Gasteiger partial charge in [-0.05, 0) is 57.7 Å². The average molecular weight is 401 g/mol. The Kier molecular flexibility index (Phi) is 7.92. The molecule has 2 saturated heterocycles. The Morgan fingerprint density at radius 1 is 1.03 bits per heavy atom. The lowest BCUT2D eigenvalue weighted by Crippen LogP contribution is -2.49. The molecule has 3 rings (SSSR count). The predicted molar refractivity (Wildman–Crippen MR) is 116 cm³/mol. The number of benzene rings is 1. The molecule has 6 nitrogen and oxygen atoms in total. The third kappa shape index (κ3) is 6.46. The van der Waals surface area contributed by atoms with Gasteiger partial charge < -0.3 is 20.0 Å². The first-order valence-electron chi connectivity index (χ1n) is 11.0. The van der Waals surface area contributed by atoms with Crippen molar-refractivity contribution < 1.29 is 9.59 Å². The summed E-state index contributed by atoms with van der Waals surface area (Å²) in [6, 6.07) is 10.7. The summed E-state index contributed by atoms with van der Waals surface area (Å²) in [6.45, 7) is 3.98. The summed E-state index contributed by atoms with van der Waals surface area (Å²) in [6.07, 6.45) is 5.69. The van der Waals surface area contributed by atoms with Crippen LogP contribution in [0.25, 0.3) is 0 Å². The van der Waals surface area contributed by atoms with E-state index in [1.807, 2.05) is 15.9 Å². The lowest BCUT2D eigenvalue weighted by atomic mass is 9.93. The van der Waals surface area contributed by atoms with Crippen LogP contribution in [0.5, 0.6) is 0 Å². The van der Waals surface area contributed by atoms with Crippen LogP contribution < -0.4 is 5.32 Å². The summed E-state index contributed by atoms with van der Waals surface area (Å²) in [7, 11) is 4.12.